The van der Waals surface area contributed by atoms with Gasteiger partial charge in [0.2, 0.25) is 0 Å². The largest absolute Gasteiger partial charge is 0.192 e. The van der Waals surface area contributed by atoms with Crippen LogP contribution in [0.1, 0.15) is 0 Å². The van der Waals surface area contributed by atoms with E-state index < -0.39 is 0 Å². The molecule has 1 aliphatic carbocycles. The summed E-state index contributed by atoms with van der Waals surface area (Å²) >= 11 is 0. The summed E-state index contributed by atoms with van der Waals surface area (Å²) in [5.74, 6) is 0. The number of hydrogen-bond donors (Lipinski definition) is 0. The lowest BCUT2D eigenvalue weighted by molar-refractivity contribution is 1.50. The van der Waals surface area contributed by atoms with Crippen LogP contribution in [-0.4, -0.2) is 0 Å². The summed E-state index contributed by atoms with van der Waals surface area (Å²) in [6.07, 6.45) is 6.41. The second kappa shape index (κ2) is 3.22. The van der Waals surface area contributed by atoms with E-state index in [4.69, 9.17) is 10.5 Å². The maximum atomic E-state index is 8.46. The van der Waals surface area contributed by atoms with Gasteiger partial charge >= 0.3 is 0 Å². The van der Waals surface area contributed by atoms with Crippen molar-refractivity contribution in [2.75, 3.05) is 0 Å². The van der Waals surface area contributed by atoms with Gasteiger partial charge in [-0.25, -0.2) is 0 Å². The van der Waals surface area contributed by atoms with Crippen LogP contribution in [0.15, 0.2) is 41.2 Å². The molecule has 50 valence electrons. The van der Waals surface area contributed by atoms with E-state index in [2.05, 4.69) is 5.73 Å². The molecule has 1 rings (SSSR count). The first kappa shape index (κ1) is 7.09. The van der Waals surface area contributed by atoms with Gasteiger partial charge in [0, 0.05) is 0 Å². The number of nitrogens with zero attached hydrogens (tertiary/aromatic N) is 2. The summed E-state index contributed by atoms with van der Waals surface area (Å²) in [7, 11) is 0. The molecule has 11 heavy (non-hydrogen) atoms. The minimum Gasteiger partial charge on any atom is -0.192 e. The molecule has 0 bridgehead atoms. The molecule has 0 aromatic carbocycles. The van der Waals surface area contributed by atoms with Gasteiger partial charge in [-0.1, -0.05) is 6.08 Å². The molecule has 0 spiro atoms. The number of nitriles is 2. The lowest BCUT2D eigenvalue weighted by Gasteiger charge is -1.75. The Morgan fingerprint density at radius 2 is 2.09 bits per heavy atom. The van der Waals surface area contributed by atoms with Crippen molar-refractivity contribution >= 4 is 0 Å². The molecule has 0 unspecified atom stereocenters. The van der Waals surface area contributed by atoms with Gasteiger partial charge in [-0.15, -0.1) is 5.73 Å². The van der Waals surface area contributed by atoms with Crippen molar-refractivity contribution < 1.29 is 0 Å². The third-order valence-corrected chi connectivity index (χ3v) is 1.17. The third-order valence-electron chi connectivity index (χ3n) is 1.17. The Bertz CT molecular complexity index is 363. The SMILES string of the molecule is N#CC1=C=CC(C#N)=CC=C1. The van der Waals surface area contributed by atoms with E-state index in [1.165, 1.54) is 6.08 Å². The van der Waals surface area contributed by atoms with Gasteiger partial charge in [0.25, 0.3) is 0 Å². The van der Waals surface area contributed by atoms with Gasteiger partial charge in [0.1, 0.15) is 6.07 Å². The van der Waals surface area contributed by atoms with Crippen LogP contribution in [0.25, 0.3) is 0 Å². The Morgan fingerprint density at radius 1 is 1.27 bits per heavy atom. The Labute approximate surface area is 64.7 Å². The fourth-order valence-corrected chi connectivity index (χ4v) is 0.639. The molecule has 0 heterocycles. The molecular formula is C9H4N2. The molecule has 0 saturated carbocycles. The molecular weight excluding hydrogens is 136 g/mol. The van der Waals surface area contributed by atoms with Crippen molar-refractivity contribution in [1.82, 2.24) is 0 Å². The van der Waals surface area contributed by atoms with E-state index in [0.29, 0.717) is 11.1 Å². The van der Waals surface area contributed by atoms with Crippen molar-refractivity contribution in [2.24, 2.45) is 0 Å². The first-order valence-electron chi connectivity index (χ1n) is 3.02. The highest BCUT2D eigenvalue weighted by Gasteiger charge is 1.91. The summed E-state index contributed by atoms with van der Waals surface area (Å²) in [5, 5.41) is 16.9. The molecule has 2 nitrogen and oxygen atoms in total. The molecule has 0 fully saturated rings. The second-order valence-corrected chi connectivity index (χ2v) is 1.91. The quantitative estimate of drug-likeness (QED) is 0.480. The Balaban J connectivity index is 3.11. The summed E-state index contributed by atoms with van der Waals surface area (Å²) in [6, 6.07) is 3.89. The molecule has 0 aromatic rings. The van der Waals surface area contributed by atoms with E-state index in [9.17, 15) is 0 Å². The van der Waals surface area contributed by atoms with Crippen molar-refractivity contribution in [1.29, 1.82) is 10.5 Å². The maximum absolute atomic E-state index is 8.46. The summed E-state index contributed by atoms with van der Waals surface area (Å²) in [6.45, 7) is 0. The number of allylic oxidation sites excluding steroid dienone is 5. The fourth-order valence-electron chi connectivity index (χ4n) is 0.639. The molecule has 2 heteroatoms. The van der Waals surface area contributed by atoms with Crippen LogP contribution in [0.4, 0.5) is 0 Å². The maximum Gasteiger partial charge on any atom is 0.108 e. The van der Waals surface area contributed by atoms with E-state index in [0.717, 1.165) is 0 Å². The minimum atomic E-state index is 0.437. The van der Waals surface area contributed by atoms with E-state index >= 15 is 0 Å². The first-order valence-corrected chi connectivity index (χ1v) is 3.02. The van der Waals surface area contributed by atoms with Gasteiger partial charge in [-0.3, -0.25) is 0 Å². The Morgan fingerprint density at radius 3 is 2.73 bits per heavy atom. The topological polar surface area (TPSA) is 47.6 Å². The van der Waals surface area contributed by atoms with Crippen LogP contribution in [0.5, 0.6) is 0 Å². The van der Waals surface area contributed by atoms with E-state index in [1.807, 2.05) is 12.1 Å². The van der Waals surface area contributed by atoms with Crippen molar-refractivity contribution in [3.05, 3.63) is 41.2 Å². The summed E-state index contributed by atoms with van der Waals surface area (Å²) in [4.78, 5) is 0. The molecule has 1 aliphatic rings. The number of rotatable bonds is 0. The lowest BCUT2D eigenvalue weighted by Crippen LogP contribution is -1.64. The zero-order valence-electron chi connectivity index (χ0n) is 5.70. The van der Waals surface area contributed by atoms with E-state index in [-0.39, 0.29) is 0 Å². The highest BCUT2D eigenvalue weighted by Crippen LogP contribution is 2.02. The van der Waals surface area contributed by atoms with Crippen molar-refractivity contribution in [2.45, 2.75) is 0 Å². The van der Waals surface area contributed by atoms with Crippen molar-refractivity contribution in [3.8, 4) is 12.1 Å². The monoisotopic (exact) mass is 140 g/mol. The average molecular weight is 140 g/mol. The summed E-state index contributed by atoms with van der Waals surface area (Å²) < 4.78 is 0. The molecule has 0 radical (unpaired) electrons. The zero-order chi connectivity index (χ0) is 8.10. The van der Waals surface area contributed by atoms with Crippen LogP contribution in [0.2, 0.25) is 0 Å². The zero-order valence-corrected chi connectivity index (χ0v) is 5.70. The summed E-state index contributed by atoms with van der Waals surface area (Å²) in [5.41, 5.74) is 3.63. The lowest BCUT2D eigenvalue weighted by atomic mass is 10.3. The van der Waals surface area contributed by atoms with Gasteiger partial charge in [0.05, 0.1) is 17.2 Å². The molecule has 0 aliphatic heterocycles. The highest BCUT2D eigenvalue weighted by molar-refractivity contribution is 5.44. The molecule has 0 amide bonds. The van der Waals surface area contributed by atoms with Crippen LogP contribution in [0.3, 0.4) is 0 Å². The fraction of sp³-hybridized carbons (Fsp3) is 0. The molecule has 0 atom stereocenters. The van der Waals surface area contributed by atoms with Crippen LogP contribution in [-0.2, 0) is 0 Å². The average Bonchev–Trinajstić information content (AvgIpc) is 2.28. The molecule has 0 saturated heterocycles. The first-order chi connectivity index (χ1) is 5.36. The van der Waals surface area contributed by atoms with Crippen LogP contribution < -0.4 is 0 Å². The minimum absolute atomic E-state index is 0.437. The second-order valence-electron chi connectivity index (χ2n) is 1.91. The van der Waals surface area contributed by atoms with Gasteiger partial charge in [0.15, 0.2) is 0 Å². The van der Waals surface area contributed by atoms with Gasteiger partial charge < -0.3 is 0 Å². The highest BCUT2D eigenvalue weighted by atomic mass is 14.2. The third kappa shape index (κ3) is 1.69. The predicted octanol–water partition coefficient (Wildman–Crippen LogP) is 1.61. The standard InChI is InChI=1S/C9H4N2/c10-6-8-2-1-3-9(7-11)5-4-8/h1-4H. The number of hydrogen-bond acceptors (Lipinski definition) is 2. The molecule has 0 aromatic heterocycles. The van der Waals surface area contributed by atoms with Gasteiger partial charge in [-0.05, 0) is 18.2 Å². The normalized spacial score (nSPS) is 14.0. The van der Waals surface area contributed by atoms with Gasteiger partial charge in [-0.2, -0.15) is 10.5 Å². The smallest absolute Gasteiger partial charge is 0.108 e. The Hall–Kier alpha value is -2.02. The van der Waals surface area contributed by atoms with Crippen LogP contribution >= 0.6 is 0 Å². The van der Waals surface area contributed by atoms with Crippen LogP contribution in [0, 0.1) is 22.7 Å². The van der Waals surface area contributed by atoms with Crippen molar-refractivity contribution in [3.63, 3.8) is 0 Å². The van der Waals surface area contributed by atoms with E-state index in [1.54, 1.807) is 18.2 Å². The Kier molecular flexibility index (Phi) is 2.08. The molecule has 0 N–H and O–H groups in total. The predicted molar refractivity (Wildman–Crippen MR) is 40.0 cm³/mol.